The third kappa shape index (κ3) is 4.12. The second kappa shape index (κ2) is 9.00. The lowest BCUT2D eigenvalue weighted by Gasteiger charge is -2.28. The number of halogens is 1. The van der Waals surface area contributed by atoms with Crippen molar-refractivity contribution in [3.05, 3.63) is 65.8 Å². The minimum atomic E-state index is 0. The minimum absolute atomic E-state index is 0. The first-order chi connectivity index (χ1) is 14.3. The topological polar surface area (TPSA) is 50.3 Å². The van der Waals surface area contributed by atoms with E-state index in [1.54, 1.807) is 17.7 Å². The molecule has 3 heterocycles. The van der Waals surface area contributed by atoms with Crippen LogP contribution in [0.5, 0.6) is 0 Å². The normalized spacial score (nSPS) is 13.8. The molecule has 0 spiro atoms. The van der Waals surface area contributed by atoms with E-state index in [1.807, 2.05) is 0 Å². The molecule has 154 valence electrons. The fourth-order valence-corrected chi connectivity index (χ4v) is 4.55. The van der Waals surface area contributed by atoms with Crippen molar-refractivity contribution < 1.29 is 4.74 Å². The number of fused-ring (bicyclic) bond motifs is 1. The molecule has 0 atom stereocenters. The lowest BCUT2D eigenvalue weighted by atomic mass is 10.0. The molecule has 4 aromatic rings. The Morgan fingerprint density at radius 2 is 1.70 bits per heavy atom. The van der Waals surface area contributed by atoms with E-state index in [4.69, 9.17) is 4.74 Å². The second-order valence-corrected chi connectivity index (χ2v) is 8.05. The molecule has 1 aliphatic heterocycles. The van der Waals surface area contributed by atoms with Crippen molar-refractivity contribution >= 4 is 51.2 Å². The van der Waals surface area contributed by atoms with Crippen molar-refractivity contribution in [2.24, 2.45) is 0 Å². The summed E-state index contributed by atoms with van der Waals surface area (Å²) in [6.07, 6.45) is 1.63. The summed E-state index contributed by atoms with van der Waals surface area (Å²) in [5.41, 5.74) is 5.84. The molecule has 30 heavy (non-hydrogen) atoms. The number of nitrogens with zero attached hydrogens (tertiary/aromatic N) is 3. The van der Waals surface area contributed by atoms with Gasteiger partial charge in [-0.05, 0) is 36.8 Å². The van der Waals surface area contributed by atoms with Gasteiger partial charge in [0, 0.05) is 35.4 Å². The van der Waals surface area contributed by atoms with Crippen molar-refractivity contribution in [3.8, 4) is 11.1 Å². The second-order valence-electron chi connectivity index (χ2n) is 7.19. The van der Waals surface area contributed by atoms with Gasteiger partial charge >= 0.3 is 0 Å². The van der Waals surface area contributed by atoms with Crippen LogP contribution in [-0.4, -0.2) is 36.3 Å². The summed E-state index contributed by atoms with van der Waals surface area (Å²) in [6, 6.07) is 17.1. The van der Waals surface area contributed by atoms with Gasteiger partial charge < -0.3 is 15.0 Å². The molecule has 1 fully saturated rings. The lowest BCUT2D eigenvalue weighted by Crippen LogP contribution is -2.36. The highest BCUT2D eigenvalue weighted by Crippen LogP contribution is 2.37. The van der Waals surface area contributed by atoms with E-state index in [0.29, 0.717) is 0 Å². The van der Waals surface area contributed by atoms with Crippen molar-refractivity contribution in [2.45, 2.75) is 6.92 Å². The summed E-state index contributed by atoms with van der Waals surface area (Å²) >= 11 is 1.65. The Morgan fingerprint density at radius 3 is 2.43 bits per heavy atom. The molecule has 1 aliphatic rings. The molecular weight excluding hydrogens is 416 g/mol. The maximum Gasteiger partial charge on any atom is 0.143 e. The predicted octanol–water partition coefficient (Wildman–Crippen LogP) is 5.67. The monoisotopic (exact) mass is 438 g/mol. The van der Waals surface area contributed by atoms with Crippen LogP contribution in [0.1, 0.15) is 5.56 Å². The summed E-state index contributed by atoms with van der Waals surface area (Å²) in [5.74, 6) is 0.839. The Morgan fingerprint density at radius 1 is 0.967 bits per heavy atom. The van der Waals surface area contributed by atoms with E-state index >= 15 is 0 Å². The van der Waals surface area contributed by atoms with Crippen LogP contribution in [-0.2, 0) is 4.74 Å². The van der Waals surface area contributed by atoms with Crippen LogP contribution in [0.15, 0.2) is 60.2 Å². The average molecular weight is 439 g/mol. The van der Waals surface area contributed by atoms with E-state index in [0.717, 1.165) is 53.6 Å². The Hall–Kier alpha value is -2.67. The molecule has 0 amide bonds. The van der Waals surface area contributed by atoms with Crippen LogP contribution in [0.4, 0.5) is 17.2 Å². The summed E-state index contributed by atoms with van der Waals surface area (Å²) in [4.78, 5) is 12.4. The first kappa shape index (κ1) is 20.6. The lowest BCUT2D eigenvalue weighted by molar-refractivity contribution is 0.122. The molecule has 0 radical (unpaired) electrons. The number of benzene rings is 2. The van der Waals surface area contributed by atoms with E-state index < -0.39 is 0 Å². The molecule has 0 unspecified atom stereocenters. The Bertz CT molecular complexity index is 1120. The van der Waals surface area contributed by atoms with Gasteiger partial charge in [-0.3, -0.25) is 0 Å². The molecule has 2 aromatic heterocycles. The first-order valence-electron chi connectivity index (χ1n) is 9.77. The Kier molecular flexibility index (Phi) is 6.18. The molecule has 0 bridgehead atoms. The number of thiophene rings is 1. The van der Waals surface area contributed by atoms with Crippen LogP contribution in [0.2, 0.25) is 0 Å². The summed E-state index contributed by atoms with van der Waals surface area (Å²) < 4.78 is 5.44. The average Bonchev–Trinajstić information content (AvgIpc) is 3.21. The first-order valence-corrected chi connectivity index (χ1v) is 10.6. The molecule has 0 aliphatic carbocycles. The van der Waals surface area contributed by atoms with Gasteiger partial charge in [0.2, 0.25) is 0 Å². The summed E-state index contributed by atoms with van der Waals surface area (Å²) in [6.45, 7) is 5.56. The maximum absolute atomic E-state index is 5.44. The van der Waals surface area contributed by atoms with Gasteiger partial charge in [-0.25, -0.2) is 9.97 Å². The highest BCUT2D eigenvalue weighted by molar-refractivity contribution is 7.17. The molecule has 2 aromatic carbocycles. The fraction of sp³-hybridized carbons (Fsp3) is 0.217. The summed E-state index contributed by atoms with van der Waals surface area (Å²) in [7, 11) is 0. The Labute approximate surface area is 186 Å². The van der Waals surface area contributed by atoms with Crippen molar-refractivity contribution in [2.75, 3.05) is 36.5 Å². The number of anilines is 3. The predicted molar refractivity (Wildman–Crippen MR) is 128 cm³/mol. The van der Waals surface area contributed by atoms with Crippen LogP contribution in [0.25, 0.3) is 21.3 Å². The number of rotatable bonds is 4. The number of nitrogens with one attached hydrogen (secondary N) is 1. The quantitative estimate of drug-likeness (QED) is 0.445. The van der Waals surface area contributed by atoms with Gasteiger partial charge in [0.1, 0.15) is 17.0 Å². The maximum atomic E-state index is 5.44. The van der Waals surface area contributed by atoms with Crippen LogP contribution >= 0.6 is 23.7 Å². The van der Waals surface area contributed by atoms with E-state index in [1.165, 1.54) is 16.8 Å². The zero-order chi connectivity index (χ0) is 19.6. The van der Waals surface area contributed by atoms with Gasteiger partial charge in [-0.15, -0.1) is 23.7 Å². The highest BCUT2D eigenvalue weighted by atomic mass is 35.5. The van der Waals surface area contributed by atoms with Crippen molar-refractivity contribution in [1.82, 2.24) is 9.97 Å². The highest BCUT2D eigenvalue weighted by Gasteiger charge is 2.14. The van der Waals surface area contributed by atoms with Gasteiger partial charge in [0.15, 0.2) is 0 Å². The van der Waals surface area contributed by atoms with Crippen molar-refractivity contribution in [1.29, 1.82) is 0 Å². The number of aryl methyl sites for hydroxylation is 1. The largest absolute Gasteiger partial charge is 0.378 e. The van der Waals surface area contributed by atoms with Crippen LogP contribution in [0.3, 0.4) is 0 Å². The molecule has 5 rings (SSSR count). The number of morpholine rings is 1. The number of aromatic nitrogens is 2. The Balaban J connectivity index is 0.00000218. The molecule has 1 N–H and O–H groups in total. The number of hydrogen-bond donors (Lipinski definition) is 1. The van der Waals surface area contributed by atoms with Gasteiger partial charge in [-0.1, -0.05) is 29.8 Å². The van der Waals surface area contributed by atoms with Gasteiger partial charge in [0.25, 0.3) is 0 Å². The van der Waals surface area contributed by atoms with Crippen LogP contribution < -0.4 is 10.2 Å². The SMILES string of the molecule is Cc1ccc(-c2csc3ncnc(Nc4ccc(N5CCOCC5)cc4)c23)cc1.Cl. The van der Waals surface area contributed by atoms with Gasteiger partial charge in [0.05, 0.1) is 18.6 Å². The number of ether oxygens (including phenoxy) is 1. The minimum Gasteiger partial charge on any atom is -0.378 e. The molecular formula is C23H23ClN4OS. The molecule has 7 heteroatoms. The number of hydrogen-bond acceptors (Lipinski definition) is 6. The zero-order valence-electron chi connectivity index (χ0n) is 16.7. The molecule has 0 saturated carbocycles. The molecule has 1 saturated heterocycles. The van der Waals surface area contributed by atoms with E-state index in [-0.39, 0.29) is 12.4 Å². The molecule has 5 nitrogen and oxygen atoms in total. The smallest absolute Gasteiger partial charge is 0.143 e. The fourth-order valence-electron chi connectivity index (χ4n) is 3.63. The van der Waals surface area contributed by atoms with Crippen LogP contribution in [0, 0.1) is 6.92 Å². The van der Waals surface area contributed by atoms with E-state index in [2.05, 4.69) is 81.0 Å². The van der Waals surface area contributed by atoms with Crippen molar-refractivity contribution in [3.63, 3.8) is 0 Å². The van der Waals surface area contributed by atoms with Gasteiger partial charge in [-0.2, -0.15) is 0 Å². The zero-order valence-corrected chi connectivity index (χ0v) is 18.3. The van der Waals surface area contributed by atoms with E-state index in [9.17, 15) is 0 Å². The standard InChI is InChI=1S/C23H22N4OS.ClH/c1-16-2-4-17(5-3-16)20-14-29-23-21(20)22(24-15-25-23)26-18-6-8-19(9-7-18)27-10-12-28-13-11-27;/h2-9,14-15H,10-13H2,1H3,(H,24,25,26);1H. The summed E-state index contributed by atoms with van der Waals surface area (Å²) in [5, 5.41) is 6.73. The third-order valence-corrected chi connectivity index (χ3v) is 6.13. The third-order valence-electron chi connectivity index (χ3n) is 5.24.